The molecule has 0 unspecified atom stereocenters. The lowest BCUT2D eigenvalue weighted by Gasteiger charge is -2.10. The van der Waals surface area contributed by atoms with Gasteiger partial charge < -0.3 is 5.32 Å². The molecule has 96 valence electrons. The fraction of sp³-hybridized carbons (Fsp3) is 0.385. The number of nitrogens with one attached hydrogen (secondary N) is 1. The minimum Gasteiger partial charge on any atom is -0.366 e. The summed E-state index contributed by atoms with van der Waals surface area (Å²) in [5.41, 5.74) is 2.16. The van der Waals surface area contributed by atoms with Crippen LogP contribution in [-0.2, 0) is 13.0 Å². The second-order valence-corrected chi connectivity index (χ2v) is 5.28. The Hall–Kier alpha value is -1.13. The maximum atomic E-state index is 6.13. The molecule has 2 rings (SSSR count). The Morgan fingerprint density at radius 1 is 1.39 bits per heavy atom. The van der Waals surface area contributed by atoms with Gasteiger partial charge in [0.1, 0.15) is 16.8 Å². The van der Waals surface area contributed by atoms with Crippen LogP contribution in [0, 0.1) is 6.92 Å². The number of rotatable bonds is 5. The van der Waals surface area contributed by atoms with E-state index in [1.54, 1.807) is 11.3 Å². The molecule has 0 saturated heterocycles. The third kappa shape index (κ3) is 3.21. The van der Waals surface area contributed by atoms with Crippen molar-refractivity contribution in [1.82, 2.24) is 9.97 Å². The topological polar surface area (TPSA) is 37.8 Å². The third-order valence-corrected chi connectivity index (χ3v) is 3.75. The van der Waals surface area contributed by atoms with Gasteiger partial charge in [-0.05, 0) is 35.7 Å². The van der Waals surface area contributed by atoms with Gasteiger partial charge in [0.05, 0.1) is 0 Å². The van der Waals surface area contributed by atoms with Gasteiger partial charge >= 0.3 is 0 Å². The smallest absolute Gasteiger partial charge is 0.137 e. The van der Waals surface area contributed by atoms with Crippen LogP contribution in [0.25, 0.3) is 0 Å². The van der Waals surface area contributed by atoms with Crippen LogP contribution in [0.4, 0.5) is 5.82 Å². The van der Waals surface area contributed by atoms with Crippen molar-refractivity contribution in [3.05, 3.63) is 38.9 Å². The van der Waals surface area contributed by atoms with Crippen LogP contribution in [0.15, 0.2) is 16.8 Å². The molecule has 0 bridgehead atoms. The normalized spacial score (nSPS) is 10.6. The van der Waals surface area contributed by atoms with E-state index >= 15 is 0 Å². The predicted molar refractivity (Wildman–Crippen MR) is 77.4 cm³/mol. The maximum absolute atomic E-state index is 6.13. The molecule has 0 aliphatic rings. The molecule has 0 atom stereocenters. The van der Waals surface area contributed by atoms with Crippen LogP contribution in [0.5, 0.6) is 0 Å². The Morgan fingerprint density at radius 2 is 2.22 bits per heavy atom. The van der Waals surface area contributed by atoms with E-state index in [1.165, 1.54) is 5.56 Å². The number of halogens is 1. The molecular formula is C13H16ClN3S. The Bertz CT molecular complexity index is 511. The highest BCUT2D eigenvalue weighted by Gasteiger charge is 2.08. The fourth-order valence-corrected chi connectivity index (χ4v) is 2.47. The van der Waals surface area contributed by atoms with Crippen LogP contribution in [0.2, 0.25) is 5.15 Å². The van der Waals surface area contributed by atoms with Crippen LogP contribution >= 0.6 is 22.9 Å². The largest absolute Gasteiger partial charge is 0.366 e. The zero-order chi connectivity index (χ0) is 13.0. The lowest BCUT2D eigenvalue weighted by molar-refractivity contribution is 0.830. The molecule has 18 heavy (non-hydrogen) atoms. The summed E-state index contributed by atoms with van der Waals surface area (Å²) in [6, 6.07) is 2.10. The molecule has 2 aromatic rings. The Kier molecular flexibility index (Phi) is 4.55. The molecule has 0 amide bonds. The van der Waals surface area contributed by atoms with Gasteiger partial charge in [-0.25, -0.2) is 9.97 Å². The first kappa shape index (κ1) is 13.3. The van der Waals surface area contributed by atoms with Crippen molar-refractivity contribution in [3.8, 4) is 0 Å². The van der Waals surface area contributed by atoms with Crippen molar-refractivity contribution >= 4 is 28.8 Å². The lowest BCUT2D eigenvalue weighted by atomic mass is 10.2. The Morgan fingerprint density at radius 3 is 2.89 bits per heavy atom. The van der Waals surface area contributed by atoms with Gasteiger partial charge in [0, 0.05) is 18.5 Å². The molecule has 5 heteroatoms. The van der Waals surface area contributed by atoms with Gasteiger partial charge in [0.2, 0.25) is 0 Å². The zero-order valence-corrected chi connectivity index (χ0v) is 12.1. The second kappa shape index (κ2) is 6.16. The summed E-state index contributed by atoms with van der Waals surface area (Å²) in [5.74, 6) is 1.64. The average Bonchev–Trinajstić information content (AvgIpc) is 2.85. The summed E-state index contributed by atoms with van der Waals surface area (Å²) >= 11 is 7.82. The predicted octanol–water partition coefficient (Wildman–Crippen LogP) is 4.06. The first-order chi connectivity index (χ1) is 8.70. The van der Waals surface area contributed by atoms with Gasteiger partial charge in [0.25, 0.3) is 0 Å². The Balaban J connectivity index is 2.15. The van der Waals surface area contributed by atoms with E-state index in [0.29, 0.717) is 5.15 Å². The summed E-state index contributed by atoms with van der Waals surface area (Å²) < 4.78 is 0. The van der Waals surface area contributed by atoms with Crippen molar-refractivity contribution in [1.29, 1.82) is 0 Å². The van der Waals surface area contributed by atoms with Gasteiger partial charge in [0.15, 0.2) is 0 Å². The van der Waals surface area contributed by atoms with Crippen molar-refractivity contribution in [2.75, 3.05) is 5.32 Å². The number of aryl methyl sites for hydroxylation is 1. The van der Waals surface area contributed by atoms with E-state index < -0.39 is 0 Å². The monoisotopic (exact) mass is 281 g/mol. The van der Waals surface area contributed by atoms with Gasteiger partial charge in [-0.15, -0.1) is 0 Å². The molecule has 3 nitrogen and oxygen atoms in total. The maximum Gasteiger partial charge on any atom is 0.137 e. The average molecular weight is 282 g/mol. The standard InChI is InChI=1S/C13H16ClN3S/c1-3-4-11-16-12(14)9(2)13(17-11)15-7-10-5-6-18-8-10/h5-6,8H,3-4,7H2,1-2H3,(H,15,16,17). The fourth-order valence-electron chi connectivity index (χ4n) is 1.62. The molecule has 0 spiro atoms. The van der Waals surface area contributed by atoms with E-state index in [1.807, 2.05) is 6.92 Å². The summed E-state index contributed by atoms with van der Waals surface area (Å²) in [6.07, 6.45) is 1.87. The molecule has 0 saturated carbocycles. The summed E-state index contributed by atoms with van der Waals surface area (Å²) in [6.45, 7) is 4.81. The molecule has 0 aromatic carbocycles. The summed E-state index contributed by atoms with van der Waals surface area (Å²) in [7, 11) is 0. The highest BCUT2D eigenvalue weighted by atomic mass is 35.5. The molecule has 0 aliphatic carbocycles. The van der Waals surface area contributed by atoms with E-state index in [2.05, 4.69) is 39.0 Å². The number of hydrogen-bond donors (Lipinski definition) is 1. The van der Waals surface area contributed by atoms with Gasteiger partial charge in [-0.2, -0.15) is 11.3 Å². The number of nitrogens with zero attached hydrogens (tertiary/aromatic N) is 2. The van der Waals surface area contributed by atoms with E-state index in [0.717, 1.165) is 36.6 Å². The van der Waals surface area contributed by atoms with E-state index in [-0.39, 0.29) is 0 Å². The second-order valence-electron chi connectivity index (χ2n) is 4.14. The molecule has 1 N–H and O–H groups in total. The molecule has 0 fully saturated rings. The lowest BCUT2D eigenvalue weighted by Crippen LogP contribution is -2.07. The van der Waals surface area contributed by atoms with Crippen molar-refractivity contribution < 1.29 is 0 Å². The first-order valence-corrected chi connectivity index (χ1v) is 7.30. The van der Waals surface area contributed by atoms with E-state index in [9.17, 15) is 0 Å². The van der Waals surface area contributed by atoms with Gasteiger partial charge in [-0.3, -0.25) is 0 Å². The number of thiophene rings is 1. The highest BCUT2D eigenvalue weighted by molar-refractivity contribution is 7.07. The summed E-state index contributed by atoms with van der Waals surface area (Å²) in [4.78, 5) is 8.80. The highest BCUT2D eigenvalue weighted by Crippen LogP contribution is 2.21. The van der Waals surface area contributed by atoms with Crippen LogP contribution in [0.1, 0.15) is 30.3 Å². The van der Waals surface area contributed by atoms with Crippen LogP contribution in [0.3, 0.4) is 0 Å². The zero-order valence-electron chi connectivity index (χ0n) is 10.5. The molecular weight excluding hydrogens is 266 g/mol. The SMILES string of the molecule is CCCc1nc(Cl)c(C)c(NCc2ccsc2)n1. The van der Waals surface area contributed by atoms with E-state index in [4.69, 9.17) is 11.6 Å². The molecule has 2 aromatic heterocycles. The minimum absolute atomic E-state index is 0.543. The number of hydrogen-bond acceptors (Lipinski definition) is 4. The number of anilines is 1. The first-order valence-electron chi connectivity index (χ1n) is 5.98. The summed E-state index contributed by atoms with van der Waals surface area (Å²) in [5, 5.41) is 8.06. The molecule has 2 heterocycles. The quantitative estimate of drug-likeness (QED) is 0.840. The molecule has 0 radical (unpaired) electrons. The van der Waals surface area contributed by atoms with Crippen LogP contribution < -0.4 is 5.32 Å². The Labute approximate surface area is 116 Å². The number of aromatic nitrogens is 2. The third-order valence-electron chi connectivity index (χ3n) is 2.65. The van der Waals surface area contributed by atoms with Crippen molar-refractivity contribution in [2.45, 2.75) is 33.2 Å². The van der Waals surface area contributed by atoms with Crippen molar-refractivity contribution in [2.24, 2.45) is 0 Å². The van der Waals surface area contributed by atoms with Gasteiger partial charge in [-0.1, -0.05) is 18.5 Å². The van der Waals surface area contributed by atoms with Crippen molar-refractivity contribution in [3.63, 3.8) is 0 Å². The van der Waals surface area contributed by atoms with Crippen LogP contribution in [-0.4, -0.2) is 9.97 Å². The minimum atomic E-state index is 0.543. The molecule has 0 aliphatic heterocycles.